The molecule has 84 heavy (non-hydrogen) atoms. The van der Waals surface area contributed by atoms with E-state index < -0.39 is 10.8 Å². The van der Waals surface area contributed by atoms with E-state index in [1.54, 1.807) is 142 Å². The van der Waals surface area contributed by atoms with Crippen molar-refractivity contribution in [3.05, 3.63) is 167 Å². The van der Waals surface area contributed by atoms with E-state index >= 15 is 0 Å². The summed E-state index contributed by atoms with van der Waals surface area (Å²) in [5.41, 5.74) is 3.02. The zero-order chi connectivity index (χ0) is 63.4. The maximum Gasteiger partial charge on any atom is 0.164 e. The summed E-state index contributed by atoms with van der Waals surface area (Å²) in [6.07, 6.45) is 9.89. The van der Waals surface area contributed by atoms with Crippen molar-refractivity contribution >= 4 is 46.2 Å². The van der Waals surface area contributed by atoms with Gasteiger partial charge in [-0.3, -0.25) is 19.2 Å². The SMILES string of the molecule is CC(C)(C)C(=O)/C=C(\O)c1ccc(CO)cc1.CC(C)(C)C(=O)/C=C(\O)c1ccc(CO)cc1.CC(C)CC(=O)/C=C(\O)c1ccccc1.CC(C)CC(=O)/C=C(\O)c1ccccc1.CC(C)O.CC(C)O.CCCCOCCCCO.[Ti].[Ti]. The molecular weight excluding hydrogens is 1140 g/mol. The van der Waals surface area contributed by atoms with Crippen LogP contribution in [0.3, 0.4) is 0 Å². The molecule has 4 aromatic rings. The fourth-order valence-corrected chi connectivity index (χ4v) is 5.69. The van der Waals surface area contributed by atoms with Crippen LogP contribution in [-0.2, 0) is 80.6 Å². The molecule has 0 aliphatic rings. The molecule has 4 rings (SSSR count). The number of ketones is 4. The Morgan fingerprint density at radius 1 is 0.440 bits per heavy atom. The van der Waals surface area contributed by atoms with Gasteiger partial charge in [-0.05, 0) is 69.9 Å². The monoisotopic (exact) mass is 1240 g/mol. The van der Waals surface area contributed by atoms with Gasteiger partial charge in [-0.2, -0.15) is 0 Å². The quantitative estimate of drug-likeness (QED) is 0.0163. The van der Waals surface area contributed by atoms with Crippen LogP contribution < -0.4 is 0 Å². The first-order valence-corrected chi connectivity index (χ1v) is 28.1. The molecule has 0 radical (unpaired) electrons. The number of hydrogen-bond donors (Lipinski definition) is 9. The number of aliphatic hydroxyl groups is 9. The fraction of sp³-hybridized carbons (Fsp3) is 0.471. The van der Waals surface area contributed by atoms with E-state index in [1.165, 1.54) is 30.7 Å². The standard InChI is InChI=1S/2C14H18O3.2C13H16O2.C8H18O2.2C3H8O.2Ti/c2*1-14(2,3)13(17)8-12(16)11-6-4-10(9-15)5-7-11;2*1-10(2)8-12(14)9-13(15)11-6-4-3-5-7-11;1-2-3-7-10-8-5-4-6-9;2*1-3(2)4;;/h2*4-8,15-16H,9H2,1-3H3;2*3-7,9-10,15H,8H2,1-2H3;9H,2-8H2,1H3;2*3-4H,1-2H3;;/b2*12-8-;2*13-9-;;;;;. The van der Waals surface area contributed by atoms with Crippen molar-refractivity contribution in [3.8, 4) is 0 Å². The molecule has 0 unspecified atom stereocenters. The van der Waals surface area contributed by atoms with Gasteiger partial charge < -0.3 is 50.7 Å². The average molecular weight is 1240 g/mol. The molecule has 0 bridgehead atoms. The summed E-state index contributed by atoms with van der Waals surface area (Å²) in [4.78, 5) is 46.2. The maximum absolute atomic E-state index is 11.7. The maximum atomic E-state index is 11.7. The minimum Gasteiger partial charge on any atom is -0.507 e. The minimum atomic E-state index is -0.501. The van der Waals surface area contributed by atoms with Crippen LogP contribution in [0.15, 0.2) is 133 Å². The molecule has 14 nitrogen and oxygen atoms in total. The summed E-state index contributed by atoms with van der Waals surface area (Å²) in [5.74, 6) is 0.307. The van der Waals surface area contributed by atoms with Crippen LogP contribution in [-0.4, -0.2) is 101 Å². The van der Waals surface area contributed by atoms with Gasteiger partial charge >= 0.3 is 0 Å². The van der Waals surface area contributed by atoms with Gasteiger partial charge in [0.2, 0.25) is 0 Å². The Morgan fingerprint density at radius 2 is 0.714 bits per heavy atom. The third kappa shape index (κ3) is 50.3. The molecule has 0 amide bonds. The Balaban J connectivity index is -0.000000300. The molecular formula is C68H102O14Ti2. The molecule has 4 aromatic carbocycles. The number of benzene rings is 4. The van der Waals surface area contributed by atoms with Crippen LogP contribution in [0.1, 0.15) is 176 Å². The smallest absolute Gasteiger partial charge is 0.164 e. The first-order valence-electron chi connectivity index (χ1n) is 28.1. The third-order valence-corrected chi connectivity index (χ3v) is 10.2. The summed E-state index contributed by atoms with van der Waals surface area (Å²) in [6.45, 7) is 29.6. The predicted octanol–water partition coefficient (Wildman–Crippen LogP) is 14.1. The Morgan fingerprint density at radius 3 is 0.964 bits per heavy atom. The predicted molar refractivity (Wildman–Crippen MR) is 335 cm³/mol. The molecule has 0 spiro atoms. The van der Waals surface area contributed by atoms with Gasteiger partial charge in [0.1, 0.15) is 23.0 Å². The van der Waals surface area contributed by atoms with E-state index in [-0.39, 0.29) is 122 Å². The van der Waals surface area contributed by atoms with Crippen LogP contribution in [0, 0.1) is 22.7 Å². The third-order valence-electron chi connectivity index (χ3n) is 10.2. The van der Waals surface area contributed by atoms with Crippen LogP contribution in [0.2, 0.25) is 0 Å². The molecule has 0 aliphatic heterocycles. The van der Waals surface area contributed by atoms with Gasteiger partial charge in [-0.25, -0.2) is 0 Å². The van der Waals surface area contributed by atoms with Crippen molar-refractivity contribution in [3.63, 3.8) is 0 Å². The fourth-order valence-electron chi connectivity index (χ4n) is 5.69. The Hall–Kier alpha value is -5.09. The van der Waals surface area contributed by atoms with E-state index in [4.69, 9.17) is 30.3 Å². The van der Waals surface area contributed by atoms with Gasteiger partial charge in [0.15, 0.2) is 23.1 Å². The van der Waals surface area contributed by atoms with Crippen LogP contribution >= 0.6 is 0 Å². The number of rotatable bonds is 21. The van der Waals surface area contributed by atoms with E-state index in [2.05, 4.69) is 6.92 Å². The Kier molecular flexibility index (Phi) is 53.4. The van der Waals surface area contributed by atoms with Crippen LogP contribution in [0.5, 0.6) is 0 Å². The van der Waals surface area contributed by atoms with Gasteiger partial charge in [-0.15, -0.1) is 0 Å². The summed E-state index contributed by atoms with van der Waals surface area (Å²) < 4.78 is 5.26. The molecule has 466 valence electrons. The van der Waals surface area contributed by atoms with Crippen LogP contribution in [0.25, 0.3) is 23.0 Å². The number of aliphatic hydroxyl groups excluding tert-OH is 9. The van der Waals surface area contributed by atoms with Gasteiger partial charge in [0.25, 0.3) is 0 Å². The molecule has 0 saturated carbocycles. The molecule has 0 aromatic heterocycles. The molecule has 0 atom stereocenters. The zero-order valence-corrected chi connectivity index (χ0v) is 56.0. The van der Waals surface area contributed by atoms with Crippen molar-refractivity contribution in [1.82, 2.24) is 0 Å². The number of carbonyl (C=O) groups is 4. The first-order chi connectivity index (χ1) is 38.2. The topological polar surface area (TPSA) is 260 Å². The molecule has 9 N–H and O–H groups in total. The Bertz CT molecular complexity index is 2270. The minimum absolute atomic E-state index is 0. The van der Waals surface area contributed by atoms with Crippen LogP contribution in [0.4, 0.5) is 0 Å². The Labute approximate surface area is 533 Å². The second-order valence-electron chi connectivity index (χ2n) is 22.5. The zero-order valence-electron chi connectivity index (χ0n) is 52.9. The molecule has 0 heterocycles. The van der Waals surface area contributed by atoms with E-state index in [0.29, 0.717) is 46.9 Å². The summed E-state index contributed by atoms with van der Waals surface area (Å²) in [5, 5.41) is 81.2. The number of unbranched alkanes of at least 4 members (excludes halogenated alkanes) is 2. The molecule has 0 aliphatic carbocycles. The normalized spacial score (nSPS) is 11.4. The molecule has 0 fully saturated rings. The van der Waals surface area contributed by atoms with Gasteiger partial charge in [0.05, 0.1) is 13.2 Å². The van der Waals surface area contributed by atoms with Gasteiger partial charge in [-0.1, -0.05) is 192 Å². The van der Waals surface area contributed by atoms with Crippen molar-refractivity contribution in [2.75, 3.05) is 19.8 Å². The first kappa shape index (κ1) is 87.7. The average Bonchev–Trinajstić information content (AvgIpc) is 3.56. The number of ether oxygens (including phenoxy) is 1. The second kappa shape index (κ2) is 51.2. The molecule has 0 saturated heterocycles. The van der Waals surface area contributed by atoms with Gasteiger partial charge in [0, 0.05) is 146 Å². The van der Waals surface area contributed by atoms with Crippen molar-refractivity contribution in [2.24, 2.45) is 22.7 Å². The number of carbonyl (C=O) groups excluding carboxylic acids is 4. The van der Waals surface area contributed by atoms with E-state index in [0.717, 1.165) is 43.6 Å². The van der Waals surface area contributed by atoms with Crippen molar-refractivity contribution < 1.29 is 113 Å². The summed E-state index contributed by atoms with van der Waals surface area (Å²) in [7, 11) is 0. The summed E-state index contributed by atoms with van der Waals surface area (Å²) in [6, 6.07) is 31.7. The van der Waals surface area contributed by atoms with E-state index in [1.807, 2.05) is 64.1 Å². The molecule has 16 heteroatoms. The van der Waals surface area contributed by atoms with Crippen molar-refractivity contribution in [1.29, 1.82) is 0 Å². The van der Waals surface area contributed by atoms with E-state index in [9.17, 15) is 39.6 Å². The number of hydrogen-bond acceptors (Lipinski definition) is 14. The largest absolute Gasteiger partial charge is 0.507 e. The second-order valence-corrected chi connectivity index (χ2v) is 22.5. The number of allylic oxidation sites excluding steroid dienone is 4. The summed E-state index contributed by atoms with van der Waals surface area (Å²) >= 11 is 0. The van der Waals surface area contributed by atoms with Crippen molar-refractivity contribution in [2.45, 2.75) is 168 Å².